The smallest absolute Gasteiger partial charge is 0.0717 e. The molecule has 0 atom stereocenters. The minimum absolute atomic E-state index is 0.0420. The maximum absolute atomic E-state index is 8.60. The van der Waals surface area contributed by atoms with Gasteiger partial charge in [0.15, 0.2) is 0 Å². The SMILES string of the molecule is Nc1ccncc1.Nc1ccncc1CO. The van der Waals surface area contributed by atoms with E-state index < -0.39 is 0 Å². The van der Waals surface area contributed by atoms with Gasteiger partial charge in [-0.05, 0) is 18.2 Å². The van der Waals surface area contributed by atoms with Crippen LogP contribution in [-0.2, 0) is 6.61 Å². The molecule has 0 bridgehead atoms. The molecule has 0 saturated carbocycles. The summed E-state index contributed by atoms with van der Waals surface area (Å²) < 4.78 is 0. The molecule has 5 heteroatoms. The predicted octanol–water partition coefficient (Wildman–Crippen LogP) is 0.820. The maximum atomic E-state index is 8.60. The van der Waals surface area contributed by atoms with Crippen LogP contribution in [0.2, 0.25) is 0 Å². The number of anilines is 2. The van der Waals surface area contributed by atoms with Crippen molar-refractivity contribution in [3.8, 4) is 0 Å². The Labute approximate surface area is 93.8 Å². The van der Waals surface area contributed by atoms with Gasteiger partial charge in [-0.3, -0.25) is 9.97 Å². The summed E-state index contributed by atoms with van der Waals surface area (Å²) in [5.41, 5.74) is 12.8. The third kappa shape index (κ3) is 3.93. The number of aliphatic hydroxyl groups is 1. The van der Waals surface area contributed by atoms with E-state index in [1.54, 1.807) is 43.0 Å². The molecular formula is C11H14N4O. The summed E-state index contributed by atoms with van der Waals surface area (Å²) in [6.45, 7) is -0.0420. The number of pyridine rings is 2. The summed E-state index contributed by atoms with van der Waals surface area (Å²) in [5, 5.41) is 8.60. The van der Waals surface area contributed by atoms with Crippen LogP contribution in [0.1, 0.15) is 5.56 Å². The van der Waals surface area contributed by atoms with Crippen molar-refractivity contribution < 1.29 is 5.11 Å². The molecule has 0 amide bonds. The highest BCUT2D eigenvalue weighted by molar-refractivity contribution is 5.43. The number of nitrogen functional groups attached to an aromatic ring is 2. The molecule has 0 aliphatic heterocycles. The second-order valence-corrected chi connectivity index (χ2v) is 3.01. The van der Waals surface area contributed by atoms with Crippen molar-refractivity contribution in [1.82, 2.24) is 9.97 Å². The molecule has 2 heterocycles. The zero-order chi connectivity index (χ0) is 11.8. The molecule has 16 heavy (non-hydrogen) atoms. The van der Waals surface area contributed by atoms with E-state index in [1.165, 1.54) is 0 Å². The zero-order valence-electron chi connectivity index (χ0n) is 8.74. The van der Waals surface area contributed by atoms with Crippen molar-refractivity contribution in [3.05, 3.63) is 48.5 Å². The maximum Gasteiger partial charge on any atom is 0.0717 e. The highest BCUT2D eigenvalue weighted by atomic mass is 16.3. The minimum atomic E-state index is -0.0420. The van der Waals surface area contributed by atoms with Crippen LogP contribution in [0.25, 0.3) is 0 Å². The minimum Gasteiger partial charge on any atom is -0.399 e. The summed E-state index contributed by atoms with van der Waals surface area (Å²) in [7, 11) is 0. The molecule has 2 aromatic heterocycles. The molecule has 0 aliphatic rings. The average Bonchev–Trinajstić information content (AvgIpc) is 2.31. The average molecular weight is 218 g/mol. The molecule has 0 unspecified atom stereocenters. The third-order valence-electron chi connectivity index (χ3n) is 1.82. The van der Waals surface area contributed by atoms with Crippen molar-refractivity contribution in [3.63, 3.8) is 0 Å². The first-order valence-corrected chi connectivity index (χ1v) is 4.68. The van der Waals surface area contributed by atoms with Crippen molar-refractivity contribution in [2.24, 2.45) is 0 Å². The molecule has 0 aromatic carbocycles. The van der Waals surface area contributed by atoms with E-state index in [-0.39, 0.29) is 6.61 Å². The van der Waals surface area contributed by atoms with Gasteiger partial charge in [-0.15, -0.1) is 0 Å². The first-order chi connectivity index (χ1) is 7.74. The second-order valence-electron chi connectivity index (χ2n) is 3.01. The van der Waals surface area contributed by atoms with E-state index in [0.717, 1.165) is 5.69 Å². The largest absolute Gasteiger partial charge is 0.399 e. The fourth-order valence-corrected chi connectivity index (χ4v) is 0.933. The number of hydrogen-bond acceptors (Lipinski definition) is 5. The fourth-order valence-electron chi connectivity index (χ4n) is 0.933. The number of aliphatic hydroxyl groups excluding tert-OH is 1. The van der Waals surface area contributed by atoms with E-state index in [0.29, 0.717) is 11.3 Å². The highest BCUT2D eigenvalue weighted by Crippen LogP contribution is 2.06. The lowest BCUT2D eigenvalue weighted by atomic mass is 10.2. The predicted molar refractivity (Wildman–Crippen MR) is 63.2 cm³/mol. The number of hydrogen-bond donors (Lipinski definition) is 3. The zero-order valence-corrected chi connectivity index (χ0v) is 8.74. The second kappa shape index (κ2) is 6.36. The molecule has 0 radical (unpaired) electrons. The number of rotatable bonds is 1. The molecule has 0 aliphatic carbocycles. The summed E-state index contributed by atoms with van der Waals surface area (Å²) in [5.74, 6) is 0. The topological polar surface area (TPSA) is 98.0 Å². The van der Waals surface area contributed by atoms with Gasteiger partial charge in [-0.2, -0.15) is 0 Å². The van der Waals surface area contributed by atoms with Gasteiger partial charge in [0.1, 0.15) is 0 Å². The number of nitrogens with two attached hydrogens (primary N) is 2. The molecule has 2 aromatic rings. The van der Waals surface area contributed by atoms with Gasteiger partial charge in [0, 0.05) is 41.7 Å². The number of nitrogens with zero attached hydrogens (tertiary/aromatic N) is 2. The Bertz CT molecular complexity index is 419. The normalized spacial score (nSPS) is 9.06. The van der Waals surface area contributed by atoms with Crippen LogP contribution < -0.4 is 11.5 Å². The molecule has 0 saturated heterocycles. The first-order valence-electron chi connectivity index (χ1n) is 4.68. The molecule has 5 N–H and O–H groups in total. The van der Waals surface area contributed by atoms with Gasteiger partial charge in [-0.25, -0.2) is 0 Å². The van der Waals surface area contributed by atoms with Gasteiger partial charge in [0.2, 0.25) is 0 Å². The van der Waals surface area contributed by atoms with Crippen LogP contribution in [-0.4, -0.2) is 15.1 Å². The Balaban J connectivity index is 0.000000165. The summed E-state index contributed by atoms with van der Waals surface area (Å²) in [6.07, 6.45) is 6.47. The lowest BCUT2D eigenvalue weighted by Gasteiger charge is -1.97. The molecular weight excluding hydrogens is 204 g/mol. The first kappa shape index (κ1) is 11.9. The van der Waals surface area contributed by atoms with Gasteiger partial charge in [0.05, 0.1) is 6.61 Å². The Morgan fingerprint density at radius 3 is 2.00 bits per heavy atom. The van der Waals surface area contributed by atoms with Crippen LogP contribution in [0.5, 0.6) is 0 Å². The molecule has 0 spiro atoms. The van der Waals surface area contributed by atoms with Gasteiger partial charge in [-0.1, -0.05) is 0 Å². The van der Waals surface area contributed by atoms with E-state index in [9.17, 15) is 0 Å². The Morgan fingerprint density at radius 1 is 1.00 bits per heavy atom. The Morgan fingerprint density at radius 2 is 1.62 bits per heavy atom. The Kier molecular flexibility index (Phi) is 4.75. The van der Waals surface area contributed by atoms with E-state index >= 15 is 0 Å². The van der Waals surface area contributed by atoms with E-state index in [4.69, 9.17) is 16.6 Å². The van der Waals surface area contributed by atoms with Crippen LogP contribution in [0.3, 0.4) is 0 Å². The van der Waals surface area contributed by atoms with E-state index in [2.05, 4.69) is 9.97 Å². The van der Waals surface area contributed by atoms with Crippen LogP contribution in [0.4, 0.5) is 11.4 Å². The van der Waals surface area contributed by atoms with Gasteiger partial charge < -0.3 is 16.6 Å². The van der Waals surface area contributed by atoms with Crippen molar-refractivity contribution in [2.45, 2.75) is 6.61 Å². The highest BCUT2D eigenvalue weighted by Gasteiger charge is 1.92. The van der Waals surface area contributed by atoms with Crippen molar-refractivity contribution in [2.75, 3.05) is 11.5 Å². The van der Waals surface area contributed by atoms with Crippen molar-refractivity contribution >= 4 is 11.4 Å². The summed E-state index contributed by atoms with van der Waals surface area (Å²) >= 11 is 0. The summed E-state index contributed by atoms with van der Waals surface area (Å²) in [4.78, 5) is 7.54. The third-order valence-corrected chi connectivity index (χ3v) is 1.82. The quantitative estimate of drug-likeness (QED) is 0.658. The van der Waals surface area contributed by atoms with Gasteiger partial charge in [0.25, 0.3) is 0 Å². The Hall–Kier alpha value is -2.14. The standard InChI is InChI=1S/C6H8N2O.C5H6N2/c7-6-1-2-8-3-5(6)4-9;6-5-1-3-7-4-2-5/h1-3,9H,4H2,(H2,7,8);1-4H,(H2,6,7). The fraction of sp³-hybridized carbons (Fsp3) is 0.0909. The molecule has 84 valence electrons. The molecule has 0 fully saturated rings. The molecule has 2 rings (SSSR count). The van der Waals surface area contributed by atoms with E-state index in [1.807, 2.05) is 0 Å². The lowest BCUT2D eigenvalue weighted by molar-refractivity contribution is 0.282. The van der Waals surface area contributed by atoms with Crippen LogP contribution in [0.15, 0.2) is 43.0 Å². The lowest BCUT2D eigenvalue weighted by Crippen LogP contribution is -1.93. The summed E-state index contributed by atoms with van der Waals surface area (Å²) in [6, 6.07) is 5.16. The van der Waals surface area contributed by atoms with Crippen LogP contribution >= 0.6 is 0 Å². The monoisotopic (exact) mass is 218 g/mol. The molecule has 5 nitrogen and oxygen atoms in total. The van der Waals surface area contributed by atoms with Crippen molar-refractivity contribution in [1.29, 1.82) is 0 Å². The van der Waals surface area contributed by atoms with Crippen LogP contribution in [0, 0.1) is 0 Å². The van der Waals surface area contributed by atoms with Gasteiger partial charge >= 0.3 is 0 Å². The number of aromatic nitrogens is 2.